The van der Waals surface area contributed by atoms with Gasteiger partial charge in [-0.1, -0.05) is 26.2 Å². The van der Waals surface area contributed by atoms with Gasteiger partial charge in [-0.3, -0.25) is 0 Å². The SMILES string of the molecule is CCCCCCC[P+](CC)(CC)CC.[Cl-]. The molecule has 0 rings (SSSR count). The molecule has 0 aliphatic rings. The predicted octanol–water partition coefficient (Wildman–Crippen LogP) is 2.04. The summed E-state index contributed by atoms with van der Waals surface area (Å²) >= 11 is 0. The normalized spacial score (nSPS) is 11.2. The third-order valence-electron chi connectivity index (χ3n) is 3.75. The Morgan fingerprint density at radius 3 is 1.53 bits per heavy atom. The maximum absolute atomic E-state index is 2.41. The van der Waals surface area contributed by atoms with Crippen molar-refractivity contribution >= 4 is 7.26 Å². The van der Waals surface area contributed by atoms with Crippen LogP contribution in [0.4, 0.5) is 0 Å². The third-order valence-corrected chi connectivity index (χ3v) is 9.04. The van der Waals surface area contributed by atoms with Crippen LogP contribution >= 0.6 is 7.26 Å². The van der Waals surface area contributed by atoms with E-state index in [9.17, 15) is 0 Å². The van der Waals surface area contributed by atoms with Gasteiger partial charge in [0.15, 0.2) is 0 Å². The van der Waals surface area contributed by atoms with Crippen LogP contribution in [0, 0.1) is 0 Å². The second-order valence-electron chi connectivity index (χ2n) is 4.43. The molecule has 0 aliphatic heterocycles. The van der Waals surface area contributed by atoms with Crippen LogP contribution in [-0.2, 0) is 0 Å². The van der Waals surface area contributed by atoms with Crippen molar-refractivity contribution in [1.29, 1.82) is 0 Å². The Balaban J connectivity index is 0. The van der Waals surface area contributed by atoms with Gasteiger partial charge in [-0.25, -0.2) is 0 Å². The Morgan fingerprint density at radius 1 is 0.667 bits per heavy atom. The van der Waals surface area contributed by atoms with E-state index < -0.39 is 7.26 Å². The van der Waals surface area contributed by atoms with Gasteiger partial charge in [0.05, 0.1) is 24.6 Å². The molecule has 15 heavy (non-hydrogen) atoms. The highest BCUT2D eigenvalue weighted by molar-refractivity contribution is 7.75. The van der Waals surface area contributed by atoms with Crippen molar-refractivity contribution < 1.29 is 12.4 Å². The van der Waals surface area contributed by atoms with E-state index >= 15 is 0 Å². The fraction of sp³-hybridized carbons (Fsp3) is 1.00. The fourth-order valence-electron chi connectivity index (χ4n) is 2.20. The van der Waals surface area contributed by atoms with E-state index in [1.165, 1.54) is 50.6 Å². The zero-order valence-electron chi connectivity index (χ0n) is 11.2. The smallest absolute Gasteiger partial charge is 0.0594 e. The molecular formula is C13H30ClP. The zero-order valence-corrected chi connectivity index (χ0v) is 12.8. The van der Waals surface area contributed by atoms with E-state index in [1.54, 1.807) is 6.16 Å². The van der Waals surface area contributed by atoms with Gasteiger partial charge in [0.2, 0.25) is 0 Å². The molecule has 0 nitrogen and oxygen atoms in total. The predicted molar refractivity (Wildman–Crippen MR) is 72.2 cm³/mol. The summed E-state index contributed by atoms with van der Waals surface area (Å²) < 4.78 is 0. The topological polar surface area (TPSA) is 0 Å². The Bertz CT molecular complexity index is 113. The molecule has 0 N–H and O–H groups in total. The van der Waals surface area contributed by atoms with Gasteiger partial charge in [0.25, 0.3) is 0 Å². The van der Waals surface area contributed by atoms with Crippen LogP contribution in [0.15, 0.2) is 0 Å². The monoisotopic (exact) mass is 252 g/mol. The van der Waals surface area contributed by atoms with Crippen LogP contribution in [0.1, 0.15) is 59.8 Å². The van der Waals surface area contributed by atoms with Gasteiger partial charge in [0.1, 0.15) is 0 Å². The largest absolute Gasteiger partial charge is 1.00 e. The van der Waals surface area contributed by atoms with Crippen LogP contribution in [0.2, 0.25) is 0 Å². The number of hydrogen-bond donors (Lipinski definition) is 0. The molecule has 2 heteroatoms. The average molecular weight is 253 g/mol. The van der Waals surface area contributed by atoms with Gasteiger partial charge in [-0.2, -0.15) is 0 Å². The van der Waals surface area contributed by atoms with E-state index in [1.807, 2.05) is 0 Å². The number of rotatable bonds is 9. The summed E-state index contributed by atoms with van der Waals surface area (Å²) in [5.74, 6) is 0. The quantitative estimate of drug-likeness (QED) is 0.435. The molecule has 0 bridgehead atoms. The number of hydrogen-bond acceptors (Lipinski definition) is 0. The van der Waals surface area contributed by atoms with E-state index in [-0.39, 0.29) is 12.4 Å². The molecule has 94 valence electrons. The van der Waals surface area contributed by atoms with Crippen molar-refractivity contribution in [2.45, 2.75) is 59.8 Å². The molecule has 0 aromatic rings. The lowest BCUT2D eigenvalue weighted by Crippen LogP contribution is -3.00. The first-order valence-corrected chi connectivity index (χ1v) is 9.12. The van der Waals surface area contributed by atoms with Crippen LogP contribution < -0.4 is 12.4 Å². The summed E-state index contributed by atoms with van der Waals surface area (Å²) in [6.45, 7) is 9.52. The molecule has 0 saturated heterocycles. The third kappa shape index (κ3) is 7.58. The second-order valence-corrected chi connectivity index (χ2v) is 9.46. The van der Waals surface area contributed by atoms with Crippen LogP contribution in [0.5, 0.6) is 0 Å². The average Bonchev–Trinajstić information content (AvgIpc) is 2.24. The molecule has 0 radical (unpaired) electrons. The molecule has 0 aromatic carbocycles. The Morgan fingerprint density at radius 2 is 1.13 bits per heavy atom. The maximum Gasteiger partial charge on any atom is 0.0594 e. The lowest BCUT2D eigenvalue weighted by atomic mass is 10.2. The summed E-state index contributed by atoms with van der Waals surface area (Å²) in [5, 5.41) is 0. The summed E-state index contributed by atoms with van der Waals surface area (Å²) in [6, 6.07) is 0. The van der Waals surface area contributed by atoms with E-state index in [2.05, 4.69) is 27.7 Å². The second kappa shape index (κ2) is 11.2. The number of halogens is 1. The first-order chi connectivity index (χ1) is 6.74. The van der Waals surface area contributed by atoms with Gasteiger partial charge in [0, 0.05) is 7.26 Å². The van der Waals surface area contributed by atoms with Crippen molar-refractivity contribution in [2.24, 2.45) is 0 Å². The minimum Gasteiger partial charge on any atom is -1.00 e. The van der Waals surface area contributed by atoms with E-state index in [0.29, 0.717) is 0 Å². The zero-order chi connectivity index (χ0) is 10.9. The minimum atomic E-state index is -0.488. The molecular weight excluding hydrogens is 223 g/mol. The van der Waals surface area contributed by atoms with Crippen molar-refractivity contribution in [3.63, 3.8) is 0 Å². The van der Waals surface area contributed by atoms with Gasteiger partial charge in [-0.15, -0.1) is 0 Å². The summed E-state index contributed by atoms with van der Waals surface area (Å²) in [6.07, 6.45) is 13.3. The van der Waals surface area contributed by atoms with Crippen molar-refractivity contribution in [3.8, 4) is 0 Å². The minimum absolute atomic E-state index is 0. The highest BCUT2D eigenvalue weighted by atomic mass is 35.5. The Labute approximate surface area is 104 Å². The van der Waals surface area contributed by atoms with Gasteiger partial charge >= 0.3 is 0 Å². The molecule has 0 heterocycles. The summed E-state index contributed by atoms with van der Waals surface area (Å²) in [7, 11) is -0.488. The van der Waals surface area contributed by atoms with Crippen molar-refractivity contribution in [2.75, 3.05) is 24.6 Å². The van der Waals surface area contributed by atoms with Crippen molar-refractivity contribution in [1.82, 2.24) is 0 Å². The molecule has 0 aromatic heterocycles. The molecule has 0 fully saturated rings. The molecule has 0 unspecified atom stereocenters. The lowest BCUT2D eigenvalue weighted by molar-refractivity contribution is -0.00000333. The summed E-state index contributed by atoms with van der Waals surface area (Å²) in [5.41, 5.74) is 0. The molecule has 0 atom stereocenters. The maximum atomic E-state index is 2.41. The first kappa shape index (κ1) is 18.1. The van der Waals surface area contributed by atoms with Crippen LogP contribution in [-0.4, -0.2) is 24.6 Å². The van der Waals surface area contributed by atoms with E-state index in [4.69, 9.17) is 0 Å². The van der Waals surface area contributed by atoms with Crippen LogP contribution in [0.3, 0.4) is 0 Å². The van der Waals surface area contributed by atoms with E-state index in [0.717, 1.165) is 0 Å². The van der Waals surface area contributed by atoms with Gasteiger partial charge < -0.3 is 12.4 Å². The molecule has 0 amide bonds. The van der Waals surface area contributed by atoms with Gasteiger partial charge in [-0.05, 0) is 33.6 Å². The highest BCUT2D eigenvalue weighted by Crippen LogP contribution is 2.58. The van der Waals surface area contributed by atoms with Crippen LogP contribution in [0.25, 0.3) is 0 Å². The first-order valence-electron chi connectivity index (χ1n) is 6.59. The molecule has 0 spiro atoms. The lowest BCUT2D eigenvalue weighted by Gasteiger charge is -2.23. The summed E-state index contributed by atoms with van der Waals surface area (Å²) in [4.78, 5) is 0. The Hall–Kier alpha value is 0.720. The standard InChI is InChI=1S/C13H30P.ClH/c1-5-9-10-11-12-13-14(6-2,7-3)8-4;/h5-13H2,1-4H3;1H/q+1;/p-1. The number of unbranched alkanes of at least 4 members (excludes halogenated alkanes) is 4. The fourth-order valence-corrected chi connectivity index (χ4v) is 5.38. The Kier molecular flexibility index (Phi) is 13.5. The highest BCUT2D eigenvalue weighted by Gasteiger charge is 2.29. The van der Waals surface area contributed by atoms with Crippen molar-refractivity contribution in [3.05, 3.63) is 0 Å². The molecule has 0 saturated carbocycles. The molecule has 0 aliphatic carbocycles.